The van der Waals surface area contributed by atoms with Crippen LogP contribution < -0.4 is 14.8 Å². The molecule has 0 radical (unpaired) electrons. The van der Waals surface area contributed by atoms with E-state index in [1.807, 2.05) is 22.6 Å². The van der Waals surface area contributed by atoms with Crippen LogP contribution in [-0.2, 0) is 27.4 Å². The molecule has 0 aliphatic heterocycles. The Hall–Kier alpha value is -2.78. The summed E-state index contributed by atoms with van der Waals surface area (Å²) in [4.78, 5) is 27.6. The molecular weight excluding hydrogens is 638 g/mol. The van der Waals surface area contributed by atoms with Crippen molar-refractivity contribution in [2.75, 3.05) is 40.5 Å². The molecular formula is C28H34FIN2O8. The minimum absolute atomic E-state index is 0.00850. The molecule has 0 heterocycles. The van der Waals surface area contributed by atoms with Crippen LogP contribution in [-0.4, -0.2) is 90.8 Å². The molecule has 0 spiro atoms. The third-order valence-electron chi connectivity index (χ3n) is 6.46. The maximum atomic E-state index is 13.8. The molecule has 0 bridgehead atoms. The van der Waals surface area contributed by atoms with Crippen molar-refractivity contribution in [3.63, 3.8) is 0 Å². The number of aliphatic hydroxyl groups excluding tert-OH is 3. The van der Waals surface area contributed by atoms with E-state index in [0.717, 1.165) is 0 Å². The summed E-state index contributed by atoms with van der Waals surface area (Å²) >= 11 is 2.02. The predicted molar refractivity (Wildman–Crippen MR) is 152 cm³/mol. The van der Waals surface area contributed by atoms with Crippen molar-refractivity contribution >= 4 is 34.4 Å². The van der Waals surface area contributed by atoms with Gasteiger partial charge in [-0.15, -0.1) is 0 Å². The van der Waals surface area contributed by atoms with Crippen molar-refractivity contribution in [2.45, 2.75) is 37.7 Å². The maximum absolute atomic E-state index is 13.8. The molecule has 0 fully saturated rings. The van der Waals surface area contributed by atoms with Gasteiger partial charge in [0.15, 0.2) is 11.5 Å². The summed E-state index contributed by atoms with van der Waals surface area (Å²) < 4.78 is 31.1. The second-order valence-electron chi connectivity index (χ2n) is 9.18. The molecule has 0 saturated heterocycles. The van der Waals surface area contributed by atoms with Crippen LogP contribution in [0.2, 0.25) is 0 Å². The zero-order valence-electron chi connectivity index (χ0n) is 22.3. The number of methoxy groups -OCH3 is 2. The largest absolute Gasteiger partial charge is 0.493 e. The summed E-state index contributed by atoms with van der Waals surface area (Å²) in [6.07, 6.45) is -0.529. The molecule has 4 N–H and O–H groups in total. The highest BCUT2D eigenvalue weighted by atomic mass is 127. The van der Waals surface area contributed by atoms with Crippen LogP contribution in [0.3, 0.4) is 0 Å². The molecule has 0 saturated carbocycles. The lowest BCUT2D eigenvalue weighted by molar-refractivity contribution is -0.142. The Labute approximate surface area is 245 Å². The third-order valence-corrected chi connectivity index (χ3v) is 7.26. The fraction of sp³-hybridized carbons (Fsp3) is 0.429. The lowest BCUT2D eigenvalue weighted by Gasteiger charge is -2.40. The molecule has 3 rings (SSSR count). The van der Waals surface area contributed by atoms with Gasteiger partial charge < -0.3 is 39.7 Å². The Kier molecular flexibility index (Phi) is 12.1. The number of hydrogen-bond acceptors (Lipinski definition) is 8. The number of benzene rings is 2. The second-order valence-corrected chi connectivity index (χ2v) is 10.3. The van der Waals surface area contributed by atoms with Crippen LogP contribution in [0, 0.1) is 9.39 Å². The van der Waals surface area contributed by atoms with Gasteiger partial charge in [0, 0.05) is 32.2 Å². The summed E-state index contributed by atoms with van der Waals surface area (Å²) in [5, 5.41) is 32.9. The molecule has 2 aromatic rings. The molecule has 218 valence electrons. The van der Waals surface area contributed by atoms with E-state index in [2.05, 4.69) is 5.32 Å². The number of nitrogens with one attached hydrogen (secondary N) is 1. The van der Waals surface area contributed by atoms with Gasteiger partial charge >= 0.3 is 0 Å². The van der Waals surface area contributed by atoms with Crippen molar-refractivity contribution in [3.8, 4) is 11.5 Å². The number of hydrogen-bond donors (Lipinski definition) is 4. The monoisotopic (exact) mass is 672 g/mol. The number of amides is 2. The Balaban J connectivity index is 1.98. The third kappa shape index (κ3) is 8.13. The highest BCUT2D eigenvalue weighted by Crippen LogP contribution is 2.37. The number of rotatable bonds is 13. The van der Waals surface area contributed by atoms with Crippen LogP contribution in [0.1, 0.15) is 17.5 Å². The molecule has 3 atom stereocenters. The Morgan fingerprint density at radius 1 is 1.18 bits per heavy atom. The molecule has 2 amide bonds. The van der Waals surface area contributed by atoms with E-state index in [0.29, 0.717) is 32.6 Å². The van der Waals surface area contributed by atoms with Crippen molar-refractivity contribution in [3.05, 3.63) is 68.6 Å². The van der Waals surface area contributed by atoms with Crippen LogP contribution in [0.5, 0.6) is 11.5 Å². The van der Waals surface area contributed by atoms with Gasteiger partial charge in [0.2, 0.25) is 11.8 Å². The normalized spacial score (nSPS) is 18.6. The number of aliphatic hydroxyl groups is 3. The first-order chi connectivity index (χ1) is 19.2. The van der Waals surface area contributed by atoms with Gasteiger partial charge in [0.25, 0.3) is 0 Å². The number of nitrogens with zero attached hydrogens (tertiary/aromatic N) is 1. The average molecular weight is 672 g/mol. The number of halogens is 2. The van der Waals surface area contributed by atoms with Crippen molar-refractivity contribution < 1.29 is 43.5 Å². The fourth-order valence-electron chi connectivity index (χ4n) is 4.52. The van der Waals surface area contributed by atoms with Crippen molar-refractivity contribution in [2.24, 2.45) is 0 Å². The summed E-state index contributed by atoms with van der Waals surface area (Å²) in [7, 11) is 2.82. The Morgan fingerprint density at radius 3 is 2.60 bits per heavy atom. The highest BCUT2D eigenvalue weighted by Gasteiger charge is 2.40. The first-order valence-corrected chi connectivity index (χ1v) is 13.7. The number of carbonyl (C=O) groups excluding carboxylic acids is 2. The second kappa shape index (κ2) is 15.3. The summed E-state index contributed by atoms with van der Waals surface area (Å²) in [5.41, 5.74) is 1.52. The van der Waals surface area contributed by atoms with E-state index in [4.69, 9.17) is 14.2 Å². The average Bonchev–Trinajstić information content (AvgIpc) is 2.94. The van der Waals surface area contributed by atoms with Gasteiger partial charge in [-0.3, -0.25) is 9.59 Å². The first kappa shape index (κ1) is 31.7. The molecule has 0 aromatic heterocycles. The Bertz CT molecular complexity index is 1210. The Morgan fingerprint density at radius 2 is 1.95 bits per heavy atom. The van der Waals surface area contributed by atoms with E-state index < -0.39 is 35.9 Å². The predicted octanol–water partition coefficient (Wildman–Crippen LogP) is 1.56. The van der Waals surface area contributed by atoms with Gasteiger partial charge in [0.05, 0.1) is 29.9 Å². The van der Waals surface area contributed by atoms with E-state index in [1.165, 1.54) is 37.3 Å². The molecule has 0 unspecified atom stereocenters. The molecule has 1 aliphatic rings. The quantitative estimate of drug-likeness (QED) is 0.236. The maximum Gasteiger partial charge on any atom is 0.248 e. The van der Waals surface area contributed by atoms with E-state index in [-0.39, 0.29) is 44.9 Å². The molecule has 10 nitrogen and oxygen atoms in total. The zero-order chi connectivity index (χ0) is 29.2. The van der Waals surface area contributed by atoms with Crippen LogP contribution in [0.25, 0.3) is 0 Å². The number of carbonyl (C=O) groups is 2. The topological polar surface area (TPSA) is 138 Å². The summed E-state index contributed by atoms with van der Waals surface area (Å²) in [6.45, 7) is -0.587. The zero-order valence-corrected chi connectivity index (χ0v) is 24.5. The van der Waals surface area contributed by atoms with Gasteiger partial charge in [-0.25, -0.2) is 4.39 Å². The van der Waals surface area contributed by atoms with Gasteiger partial charge in [-0.2, -0.15) is 0 Å². The lowest BCUT2D eigenvalue weighted by Crippen LogP contribution is -2.56. The molecule has 40 heavy (non-hydrogen) atoms. The molecule has 1 aliphatic carbocycles. The van der Waals surface area contributed by atoms with E-state index in [1.54, 1.807) is 24.3 Å². The van der Waals surface area contributed by atoms with Gasteiger partial charge in [-0.05, 0) is 70.5 Å². The van der Waals surface area contributed by atoms with Crippen LogP contribution in [0.15, 0.2) is 48.0 Å². The van der Waals surface area contributed by atoms with Crippen molar-refractivity contribution in [1.29, 1.82) is 0 Å². The number of ether oxygens (including phenoxy) is 3. The smallest absolute Gasteiger partial charge is 0.248 e. The van der Waals surface area contributed by atoms with Gasteiger partial charge in [0.1, 0.15) is 24.6 Å². The van der Waals surface area contributed by atoms with Gasteiger partial charge in [-0.1, -0.05) is 12.1 Å². The van der Waals surface area contributed by atoms with Crippen LogP contribution in [0.4, 0.5) is 4.39 Å². The minimum Gasteiger partial charge on any atom is -0.493 e. The minimum atomic E-state index is -1.26. The van der Waals surface area contributed by atoms with Crippen LogP contribution >= 0.6 is 22.6 Å². The highest BCUT2D eigenvalue weighted by molar-refractivity contribution is 14.1. The first-order valence-electron chi connectivity index (χ1n) is 12.7. The molecule has 12 heteroatoms. The lowest BCUT2D eigenvalue weighted by atomic mass is 9.88. The SMILES string of the molecule is COCC(=O)N(CCc1cccc(F)c1)[C@@H]1CC(C(=O)NCCO)=C[C@H](Oc2c(I)cc(CO)cc2OC)[C@H]1O. The van der Waals surface area contributed by atoms with E-state index in [9.17, 15) is 29.3 Å². The van der Waals surface area contributed by atoms with E-state index >= 15 is 0 Å². The molecule has 2 aromatic carbocycles. The summed E-state index contributed by atoms with van der Waals surface area (Å²) in [5.74, 6) is -0.673. The standard InChI is InChI=1S/C28H34FIN2O8/c1-38-16-25(35)32(8-6-17-4-3-5-20(29)10-17)22-13-19(28(37)31-7-9-33)14-23(26(22)36)40-27-21(30)11-18(15-34)12-24(27)39-2/h3-5,10-12,14,22-23,26,33-34,36H,6-9,13,15-16H2,1-2H3,(H,31,37)/t22-,23+,26+/m1/s1. The fourth-order valence-corrected chi connectivity index (χ4v) is 5.31. The summed E-state index contributed by atoms with van der Waals surface area (Å²) in [6, 6.07) is 8.45. The van der Waals surface area contributed by atoms with Crippen molar-refractivity contribution in [1.82, 2.24) is 10.2 Å².